The van der Waals surface area contributed by atoms with Gasteiger partial charge in [0.05, 0.1) is 17.1 Å². The molecule has 0 unspecified atom stereocenters. The number of nitrogens with one attached hydrogen (secondary N) is 1. The maximum atomic E-state index is 13.5. The van der Waals surface area contributed by atoms with Crippen LogP contribution in [0.3, 0.4) is 0 Å². The van der Waals surface area contributed by atoms with Crippen LogP contribution >= 0.6 is 12.4 Å². The predicted molar refractivity (Wildman–Crippen MR) is 139 cm³/mol. The molecule has 4 aromatic rings. The zero-order valence-electron chi connectivity index (χ0n) is 19.7. The number of imidazole rings is 1. The van der Waals surface area contributed by atoms with E-state index in [0.717, 1.165) is 54.6 Å². The SMILES string of the molecule is Cl.O.O=c1[nH]c2ccccc2n1CCN1CCC(OC(c2ccc(F)cc2)c2ccc(F)cc2)CC1. The maximum Gasteiger partial charge on any atom is 0.326 e. The number of benzene rings is 3. The molecule has 0 amide bonds. The molecule has 192 valence electrons. The average molecular weight is 518 g/mol. The van der Waals surface area contributed by atoms with Gasteiger partial charge in [0.2, 0.25) is 0 Å². The normalized spacial score (nSPS) is 14.5. The second kappa shape index (κ2) is 12.3. The molecule has 0 aliphatic carbocycles. The molecule has 1 fully saturated rings. The topological polar surface area (TPSA) is 81.8 Å². The molecule has 1 aromatic heterocycles. The number of ether oxygens (including phenoxy) is 1. The Morgan fingerprint density at radius 2 is 1.42 bits per heavy atom. The van der Waals surface area contributed by atoms with Gasteiger partial charge < -0.3 is 20.1 Å². The van der Waals surface area contributed by atoms with E-state index in [-0.39, 0.29) is 47.4 Å². The minimum absolute atomic E-state index is 0. The summed E-state index contributed by atoms with van der Waals surface area (Å²) >= 11 is 0. The third kappa shape index (κ3) is 6.20. The number of hydrogen-bond acceptors (Lipinski definition) is 3. The van der Waals surface area contributed by atoms with Crippen molar-refractivity contribution in [2.45, 2.75) is 31.6 Å². The van der Waals surface area contributed by atoms with Gasteiger partial charge in [-0.1, -0.05) is 36.4 Å². The van der Waals surface area contributed by atoms with Crippen LogP contribution in [0, 0.1) is 11.6 Å². The Bertz CT molecular complexity index is 1260. The molecule has 0 saturated carbocycles. The fourth-order valence-corrected chi connectivity index (χ4v) is 4.66. The van der Waals surface area contributed by atoms with Crippen LogP contribution in [-0.4, -0.2) is 45.7 Å². The first kappa shape index (κ1) is 27.5. The summed E-state index contributed by atoms with van der Waals surface area (Å²) in [4.78, 5) is 17.6. The molecule has 1 saturated heterocycles. The molecule has 1 aliphatic rings. The summed E-state index contributed by atoms with van der Waals surface area (Å²) in [6.07, 6.45) is 1.35. The van der Waals surface area contributed by atoms with Gasteiger partial charge >= 0.3 is 5.69 Å². The lowest BCUT2D eigenvalue weighted by Gasteiger charge is -2.34. The van der Waals surface area contributed by atoms with Crippen LogP contribution in [0.15, 0.2) is 77.6 Å². The minimum atomic E-state index is -0.387. The number of aromatic amines is 1. The summed E-state index contributed by atoms with van der Waals surface area (Å²) in [7, 11) is 0. The van der Waals surface area contributed by atoms with E-state index in [9.17, 15) is 13.6 Å². The minimum Gasteiger partial charge on any atom is -0.412 e. The largest absolute Gasteiger partial charge is 0.412 e. The van der Waals surface area contributed by atoms with Gasteiger partial charge in [0.15, 0.2) is 0 Å². The lowest BCUT2D eigenvalue weighted by atomic mass is 10.00. The molecular formula is C27H30ClF2N3O3. The van der Waals surface area contributed by atoms with E-state index in [0.29, 0.717) is 6.54 Å². The van der Waals surface area contributed by atoms with Gasteiger partial charge in [-0.05, 0) is 60.4 Å². The fourth-order valence-electron chi connectivity index (χ4n) is 4.66. The van der Waals surface area contributed by atoms with Crippen molar-refractivity contribution in [2.75, 3.05) is 19.6 Å². The Labute approximate surface area is 214 Å². The molecule has 0 atom stereocenters. The molecule has 0 bridgehead atoms. The molecule has 1 aliphatic heterocycles. The molecule has 3 N–H and O–H groups in total. The van der Waals surface area contributed by atoms with Crippen LogP contribution in [0.25, 0.3) is 11.0 Å². The average Bonchev–Trinajstić information content (AvgIpc) is 3.18. The van der Waals surface area contributed by atoms with E-state index in [1.54, 1.807) is 28.8 Å². The molecule has 0 radical (unpaired) electrons. The number of piperidine rings is 1. The second-order valence-electron chi connectivity index (χ2n) is 8.76. The highest BCUT2D eigenvalue weighted by atomic mass is 35.5. The number of aromatic nitrogens is 2. The van der Waals surface area contributed by atoms with Gasteiger partial charge in [-0.25, -0.2) is 13.6 Å². The Morgan fingerprint density at radius 3 is 2.00 bits per heavy atom. The first-order valence-electron chi connectivity index (χ1n) is 11.6. The standard InChI is InChI=1S/C27H27F2N3O2.ClH.H2O/c28-21-9-5-19(6-10-21)26(20-7-11-22(29)12-8-20)34-23-13-15-31(16-14-23)17-18-32-25-4-2-1-3-24(25)30-27(32)33;;/h1-12,23,26H,13-18H2,(H,30,33);1H;1H2. The highest BCUT2D eigenvalue weighted by Crippen LogP contribution is 2.30. The number of nitrogens with zero attached hydrogens (tertiary/aromatic N) is 2. The van der Waals surface area contributed by atoms with Gasteiger partial charge in [0.25, 0.3) is 0 Å². The molecule has 6 nitrogen and oxygen atoms in total. The summed E-state index contributed by atoms with van der Waals surface area (Å²) < 4.78 is 35.2. The molecule has 9 heteroatoms. The maximum absolute atomic E-state index is 13.5. The molecule has 2 heterocycles. The van der Waals surface area contributed by atoms with Gasteiger partial charge in [0.1, 0.15) is 17.7 Å². The first-order chi connectivity index (χ1) is 16.6. The Morgan fingerprint density at radius 1 is 0.861 bits per heavy atom. The number of hydrogen-bond donors (Lipinski definition) is 1. The summed E-state index contributed by atoms with van der Waals surface area (Å²) in [5.41, 5.74) is 3.38. The predicted octanol–water partition coefficient (Wildman–Crippen LogP) is 4.48. The summed E-state index contributed by atoms with van der Waals surface area (Å²) in [5.74, 6) is -0.603. The molecule has 36 heavy (non-hydrogen) atoms. The lowest BCUT2D eigenvalue weighted by Crippen LogP contribution is -2.39. The molecular weight excluding hydrogens is 488 g/mol. The van der Waals surface area contributed by atoms with E-state index in [2.05, 4.69) is 9.88 Å². The van der Waals surface area contributed by atoms with Crippen molar-refractivity contribution in [1.82, 2.24) is 14.5 Å². The van der Waals surface area contributed by atoms with E-state index in [1.807, 2.05) is 24.3 Å². The highest BCUT2D eigenvalue weighted by molar-refractivity contribution is 5.85. The van der Waals surface area contributed by atoms with Crippen LogP contribution in [0.2, 0.25) is 0 Å². The zero-order valence-corrected chi connectivity index (χ0v) is 20.5. The van der Waals surface area contributed by atoms with Gasteiger partial charge in [-0.2, -0.15) is 0 Å². The number of fused-ring (bicyclic) bond motifs is 1. The second-order valence-corrected chi connectivity index (χ2v) is 8.76. The van der Waals surface area contributed by atoms with Crippen molar-refractivity contribution < 1.29 is 19.0 Å². The van der Waals surface area contributed by atoms with Crippen molar-refractivity contribution in [3.8, 4) is 0 Å². The molecule has 0 spiro atoms. The third-order valence-corrected chi connectivity index (χ3v) is 6.53. The number of H-pyrrole nitrogens is 1. The van der Waals surface area contributed by atoms with Crippen molar-refractivity contribution in [3.63, 3.8) is 0 Å². The van der Waals surface area contributed by atoms with Crippen LogP contribution in [0.1, 0.15) is 30.1 Å². The van der Waals surface area contributed by atoms with E-state index < -0.39 is 0 Å². The van der Waals surface area contributed by atoms with E-state index in [1.165, 1.54) is 24.3 Å². The number of para-hydroxylation sites is 2. The van der Waals surface area contributed by atoms with Crippen molar-refractivity contribution in [1.29, 1.82) is 0 Å². The third-order valence-electron chi connectivity index (χ3n) is 6.53. The van der Waals surface area contributed by atoms with Crippen LogP contribution < -0.4 is 5.69 Å². The van der Waals surface area contributed by atoms with Gasteiger partial charge in [-0.3, -0.25) is 4.57 Å². The van der Waals surface area contributed by atoms with Gasteiger partial charge in [0, 0.05) is 26.2 Å². The smallest absolute Gasteiger partial charge is 0.326 e. The van der Waals surface area contributed by atoms with Crippen molar-refractivity contribution >= 4 is 23.4 Å². The number of halogens is 3. The summed E-state index contributed by atoms with van der Waals surface area (Å²) in [6.45, 7) is 3.14. The molecule has 5 rings (SSSR count). The summed E-state index contributed by atoms with van der Waals surface area (Å²) in [6, 6.07) is 20.3. The van der Waals surface area contributed by atoms with Crippen LogP contribution in [-0.2, 0) is 11.3 Å². The first-order valence-corrected chi connectivity index (χ1v) is 11.6. The van der Waals surface area contributed by atoms with E-state index in [4.69, 9.17) is 4.74 Å². The van der Waals surface area contributed by atoms with E-state index >= 15 is 0 Å². The van der Waals surface area contributed by atoms with Crippen LogP contribution in [0.5, 0.6) is 0 Å². The van der Waals surface area contributed by atoms with Crippen LogP contribution in [0.4, 0.5) is 8.78 Å². The Balaban J connectivity index is 0.00000180. The lowest BCUT2D eigenvalue weighted by molar-refractivity contribution is -0.0273. The Kier molecular flexibility index (Phi) is 9.39. The van der Waals surface area contributed by atoms with Crippen molar-refractivity contribution in [3.05, 3.63) is 106 Å². The van der Waals surface area contributed by atoms with Gasteiger partial charge in [-0.15, -0.1) is 12.4 Å². The van der Waals surface area contributed by atoms with Crippen molar-refractivity contribution in [2.24, 2.45) is 0 Å². The Hall–Kier alpha value is -3.04. The zero-order chi connectivity index (χ0) is 23.5. The summed E-state index contributed by atoms with van der Waals surface area (Å²) in [5, 5.41) is 0. The number of rotatable bonds is 7. The quantitative estimate of drug-likeness (QED) is 0.392. The fraction of sp³-hybridized carbons (Fsp3) is 0.296. The molecule has 3 aromatic carbocycles. The monoisotopic (exact) mass is 517 g/mol. The number of likely N-dealkylation sites (tertiary alicyclic amines) is 1. The highest BCUT2D eigenvalue weighted by Gasteiger charge is 2.25.